The van der Waals surface area contributed by atoms with Crippen molar-refractivity contribution in [1.82, 2.24) is 44.8 Å². The number of hydrogen-bond donors (Lipinski definition) is 6. The van der Waals surface area contributed by atoms with Gasteiger partial charge in [-0.05, 0) is 166 Å². The molecule has 702 valence electrons. The molecule has 3 saturated heterocycles. The van der Waals surface area contributed by atoms with Gasteiger partial charge >= 0.3 is 53.6 Å². The smallest absolute Gasteiger partial charge is 0.461 e. The second-order valence-corrected chi connectivity index (χ2v) is 44.3. The number of esters is 3. The molecule has 1 aromatic carbocycles. The number of allylic oxidation sites excluding steroid dienone is 6. The molecule has 0 aromatic heterocycles. The Kier molecular flexibility index (Phi) is 34.7. The van der Waals surface area contributed by atoms with E-state index in [9.17, 15) is 97.1 Å². The number of rotatable bonds is 14. The molecule has 0 bridgehead atoms. The van der Waals surface area contributed by atoms with Gasteiger partial charge in [0.25, 0.3) is 0 Å². The number of aliphatic hydroxyl groups is 1. The van der Waals surface area contributed by atoms with Crippen LogP contribution in [0.15, 0.2) is 65.2 Å². The van der Waals surface area contributed by atoms with Crippen molar-refractivity contribution in [3.05, 3.63) is 82.0 Å². The van der Waals surface area contributed by atoms with Crippen molar-refractivity contribution in [2.75, 3.05) is 19.6 Å². The van der Waals surface area contributed by atoms with Crippen LogP contribution in [-0.2, 0) is 115 Å². The Labute approximate surface area is 770 Å². The summed E-state index contributed by atoms with van der Waals surface area (Å²) in [5.41, 5.74) is 8.38. The number of hydrogen-bond acceptors (Lipinski definition) is 26. The number of Topliss-reactive ketones (excluding diaryl/α,β-unsaturated/α-hetero) is 3. The van der Waals surface area contributed by atoms with Crippen LogP contribution in [0.3, 0.4) is 0 Å². The molecular weight excluding hydrogens is 1740 g/mol. The average Bonchev–Trinajstić information content (AvgIpc) is 1.57. The van der Waals surface area contributed by atoms with Gasteiger partial charge in [-0.15, -0.1) is 4.91 Å². The number of hydrazine groups is 1. The molecular formula is C87H124FN12NaO24S3. The molecule has 9 fully saturated rings. The zero-order valence-corrected chi connectivity index (χ0v) is 79.4. The molecule has 15 atom stereocenters. The summed E-state index contributed by atoms with van der Waals surface area (Å²) in [5, 5.41) is 14.6. The van der Waals surface area contributed by atoms with Gasteiger partial charge in [-0.25, -0.2) is 40.0 Å². The largest absolute Gasteiger partial charge is 1.00 e. The summed E-state index contributed by atoms with van der Waals surface area (Å²) in [4.78, 5) is 181. The molecule has 6 N–H and O–H groups in total. The van der Waals surface area contributed by atoms with Crippen LogP contribution in [0.4, 0.5) is 9.18 Å². The Balaban J connectivity index is 0.000000203. The third-order valence-electron chi connectivity index (χ3n) is 27.6. The molecule has 41 heteroatoms. The maximum Gasteiger partial charge on any atom is 1.00 e. The number of ketones is 3. The van der Waals surface area contributed by atoms with Crippen LogP contribution >= 0.6 is 0 Å². The molecule has 14 rings (SSSR count). The Hall–Kier alpha value is -8.31. The van der Waals surface area contributed by atoms with Crippen molar-refractivity contribution in [2.24, 2.45) is 62.3 Å². The molecule has 6 aliphatic carbocycles. The van der Waals surface area contributed by atoms with Gasteiger partial charge in [0, 0.05) is 95.7 Å². The number of halogens is 1. The van der Waals surface area contributed by atoms with Crippen molar-refractivity contribution in [3.63, 3.8) is 0 Å². The predicted molar refractivity (Wildman–Crippen MR) is 457 cm³/mol. The number of carbonyl (C=O) groups is 13. The molecule has 1 aromatic rings. The van der Waals surface area contributed by atoms with E-state index in [-0.39, 0.29) is 177 Å². The van der Waals surface area contributed by atoms with E-state index in [4.69, 9.17) is 19.9 Å². The number of carbonyl (C=O) groups excluding carboxylic acids is 13. The fourth-order valence-electron chi connectivity index (χ4n) is 18.2. The van der Waals surface area contributed by atoms with Gasteiger partial charge in [-0.2, -0.15) is 0 Å². The van der Waals surface area contributed by atoms with Crippen LogP contribution in [0.2, 0.25) is 0 Å². The second kappa shape index (κ2) is 42.9. The minimum absolute atomic E-state index is 0. The summed E-state index contributed by atoms with van der Waals surface area (Å²) < 4.78 is 110. The molecule has 0 spiro atoms. The van der Waals surface area contributed by atoms with E-state index in [0.717, 1.165) is 83.5 Å². The number of fused-ring (bicyclic) bond motifs is 7. The summed E-state index contributed by atoms with van der Waals surface area (Å²) in [7, 11) is -11.6. The van der Waals surface area contributed by atoms with E-state index in [2.05, 4.69) is 29.4 Å². The normalized spacial score (nSPS) is 31.7. The Morgan fingerprint density at radius 3 is 1.18 bits per heavy atom. The Morgan fingerprint density at radius 1 is 0.500 bits per heavy atom. The minimum Gasteiger partial charge on any atom is -0.461 e. The summed E-state index contributed by atoms with van der Waals surface area (Å²) >= 11 is 0. The van der Waals surface area contributed by atoms with Crippen molar-refractivity contribution < 1.29 is 141 Å². The fourth-order valence-corrected chi connectivity index (χ4v) is 22.2. The first-order chi connectivity index (χ1) is 59.7. The zero-order valence-electron chi connectivity index (χ0n) is 74.9. The molecule has 0 unspecified atom stereocenters. The molecule has 128 heavy (non-hydrogen) atoms. The van der Waals surface area contributed by atoms with Gasteiger partial charge < -0.3 is 45.1 Å². The average molecular weight is 1860 g/mol. The molecule has 36 nitrogen and oxygen atoms in total. The van der Waals surface area contributed by atoms with Gasteiger partial charge in [0.15, 0.2) is 17.3 Å². The standard InChI is InChI=1S/C33H42FN3O7S.C26H38N2O7S.C24H36N2O6S.C4H6O3.H2N5O.Na/c1-21-9-6-4-3-5-7-11-23-16-33(23,30(40)35-45(42,43)32(2)13-14-32)17-28(38)27-15-24(19-37(27)29(21)39)44-31(41)36-18-22-10-8-12-26(34)25(22)20-36;1-17-9-7-5-4-6-8-10-19-14-26(19,24(32)27-36(33,34)25(3)11-12-25)15-22(30)21-13-20(35-18(2)29)16-28(21)23(17)31;1-16-8-6-4-3-5-7-9-17-13-24(17,22(30)25-33(31,32)23(2)10-11-23)14-20(28)19-12-18(27)15-26(19)21(16)29;1-3(5)7-4(2)6;1-2-3-4-5-6;/h7-8,10-12,21,23-24,27H,3-6,9,13-20H2,1-2H3,(H,35,40);8,10,17,19-21H,4-7,9,11-16H2,1-3H3,(H,27,32);7,9,16-19,27H,3-6,8,10-15H2,1-2H3,(H,25,30);1-2H3;(H2-,1,2,3,4,5,6);/q;;;;-1;+1/b11-7-;10-8-;9-7-;;;/t21-,23+,24+,27-,33+;17-,19+,20+,21-,26+;16-,17+,18+,19-,24+;;;/m000.../s1. The molecule has 0 radical (unpaired) electrons. The first-order valence-corrected chi connectivity index (χ1v) is 48.8. The predicted octanol–water partition coefficient (Wildman–Crippen LogP) is 5.87. The quantitative estimate of drug-likeness (QED) is 0.0146. The molecule has 13 aliphatic rings. The van der Waals surface area contributed by atoms with E-state index in [1.807, 2.05) is 57.2 Å². The Morgan fingerprint density at radius 2 is 0.859 bits per heavy atom. The molecule has 7 heterocycles. The van der Waals surface area contributed by atoms with Gasteiger partial charge in [0.2, 0.25) is 65.5 Å². The van der Waals surface area contributed by atoms with Gasteiger partial charge in [0.1, 0.15) is 18.0 Å². The van der Waals surface area contributed by atoms with E-state index in [1.165, 1.54) is 46.4 Å². The molecule has 7 amide bonds. The summed E-state index contributed by atoms with van der Waals surface area (Å²) in [6.07, 6.45) is 26.1. The number of nitrogens with zero attached hydrogens (tertiary/aromatic N) is 7. The van der Waals surface area contributed by atoms with E-state index < -0.39 is 139 Å². The molecule has 7 aliphatic heterocycles. The van der Waals surface area contributed by atoms with Crippen LogP contribution in [0, 0.1) is 62.5 Å². The number of nitroso groups, excluding NO2 is 1. The Bertz CT molecular complexity index is 4830. The van der Waals surface area contributed by atoms with Gasteiger partial charge in [-0.3, -0.25) is 81.8 Å². The first-order valence-electron chi connectivity index (χ1n) is 44.4. The number of sulfonamides is 3. The summed E-state index contributed by atoms with van der Waals surface area (Å²) in [6.45, 7) is 14.6. The van der Waals surface area contributed by atoms with Crippen LogP contribution in [-0.4, -0.2) is 197 Å². The third kappa shape index (κ3) is 25.3. The fraction of sp³-hybridized carbons (Fsp3) is 0.713. The topological polar surface area (TPSA) is 509 Å². The molecule has 6 saturated carbocycles. The van der Waals surface area contributed by atoms with Gasteiger partial charge in [0.05, 0.1) is 79.6 Å². The van der Waals surface area contributed by atoms with Crippen LogP contribution in [0.5, 0.6) is 0 Å². The number of ether oxygens (including phenoxy) is 3. The van der Waals surface area contributed by atoms with Crippen molar-refractivity contribution in [2.45, 2.75) is 319 Å². The SMILES string of the molecule is CC(=O)OC(C)=O.CC(=O)O[C@@H]1C[C@H]2C(=O)C[C@]3(C(=O)NS(=O)(=O)C4(C)CC4)C[C@H]3/C=C\CCCCC[C@H](C)C(=O)N2C1.C[C@H]1CCCCC/C=C\[C@@H]2C[C@@]2(C(=O)NS(=O)(=O)C2(C)CC2)CC(=O)[C@@H]2C[C@@H](O)CN2C1=O.C[C@H]1CCCCC/C=C\[C@@H]2C[C@@]2(C(=O)NS(=O)(=O)C2(C)CC2)CC(=O)[C@@H]2C[C@@H](OC(=O)N3Cc4cccc(F)c4C3)CN2C1=O.[N-]=NNNN=O.[Na+]. The number of nitrogens with one attached hydrogen (secondary N) is 5. The third-order valence-corrected chi connectivity index (χ3v) is 34.1. The van der Waals surface area contributed by atoms with Crippen molar-refractivity contribution >= 4 is 107 Å². The summed E-state index contributed by atoms with van der Waals surface area (Å²) in [6, 6.07) is 2.22. The number of amides is 7. The number of aliphatic hydroxyl groups excluding tert-OH is 1. The van der Waals surface area contributed by atoms with E-state index in [1.54, 1.807) is 44.0 Å². The second-order valence-electron chi connectivity index (χ2n) is 37.7. The van der Waals surface area contributed by atoms with Gasteiger partial charge in [-0.1, -0.05) is 108 Å². The summed E-state index contributed by atoms with van der Waals surface area (Å²) in [5.74, 6) is -6.88. The monoisotopic (exact) mass is 1860 g/mol. The maximum absolute atomic E-state index is 14.3. The van der Waals surface area contributed by atoms with Crippen LogP contribution < -0.4 is 54.8 Å². The first kappa shape index (κ1) is 103. The van der Waals surface area contributed by atoms with Crippen molar-refractivity contribution in [3.8, 4) is 0 Å². The minimum atomic E-state index is -3.90. The van der Waals surface area contributed by atoms with E-state index >= 15 is 0 Å². The van der Waals surface area contributed by atoms with Crippen LogP contribution in [0.1, 0.15) is 266 Å². The number of benzene rings is 1. The zero-order chi connectivity index (χ0) is 93.2. The van der Waals surface area contributed by atoms with E-state index in [0.29, 0.717) is 81.8 Å². The van der Waals surface area contributed by atoms with Crippen LogP contribution in [0.25, 0.3) is 5.53 Å². The van der Waals surface area contributed by atoms with Crippen molar-refractivity contribution in [1.29, 1.82) is 0 Å². The maximum atomic E-state index is 14.3.